The van der Waals surface area contributed by atoms with Crippen LogP contribution < -0.4 is 19.7 Å². The van der Waals surface area contributed by atoms with Crippen LogP contribution in [0.15, 0.2) is 48.5 Å². The van der Waals surface area contributed by atoms with E-state index in [-0.39, 0.29) is 12.5 Å². The number of carbonyl (C=O) groups excluding carboxylic acids is 1. The molecule has 0 spiro atoms. The van der Waals surface area contributed by atoms with Crippen molar-refractivity contribution in [2.24, 2.45) is 0 Å². The molecule has 0 atom stereocenters. The molecule has 1 amide bonds. The molecule has 114 valence electrons. The standard InChI is InChI=1S/C17H18N2O3/c1-19-9-10-21-16-8-7-13(11-15(16)19)18-17(20)12-22-14-5-3-2-4-6-14/h2-8,11H,9-10,12H2,1H3,(H,18,20). The summed E-state index contributed by atoms with van der Waals surface area (Å²) in [6, 6.07) is 14.9. The van der Waals surface area contributed by atoms with Gasteiger partial charge in [-0.2, -0.15) is 0 Å². The fraction of sp³-hybridized carbons (Fsp3) is 0.235. The highest BCUT2D eigenvalue weighted by Crippen LogP contribution is 2.33. The molecule has 5 nitrogen and oxygen atoms in total. The zero-order valence-electron chi connectivity index (χ0n) is 12.4. The maximum atomic E-state index is 12.0. The number of rotatable bonds is 4. The predicted octanol–water partition coefficient (Wildman–Crippen LogP) is 2.53. The van der Waals surface area contributed by atoms with Crippen molar-refractivity contribution in [3.05, 3.63) is 48.5 Å². The van der Waals surface area contributed by atoms with E-state index in [9.17, 15) is 4.79 Å². The van der Waals surface area contributed by atoms with Gasteiger partial charge in [0.1, 0.15) is 18.1 Å². The van der Waals surface area contributed by atoms with Crippen molar-refractivity contribution in [2.75, 3.05) is 37.0 Å². The Labute approximate surface area is 129 Å². The molecule has 0 saturated carbocycles. The Hall–Kier alpha value is -2.69. The van der Waals surface area contributed by atoms with Gasteiger partial charge in [-0.3, -0.25) is 4.79 Å². The quantitative estimate of drug-likeness (QED) is 0.942. The first-order valence-corrected chi connectivity index (χ1v) is 7.18. The second-order valence-corrected chi connectivity index (χ2v) is 5.10. The number of hydrogen-bond acceptors (Lipinski definition) is 4. The maximum absolute atomic E-state index is 12.0. The highest BCUT2D eigenvalue weighted by atomic mass is 16.5. The third-order valence-electron chi connectivity index (χ3n) is 3.45. The van der Waals surface area contributed by atoms with Crippen LogP contribution in [-0.2, 0) is 4.79 Å². The summed E-state index contributed by atoms with van der Waals surface area (Å²) in [5, 5.41) is 2.84. The van der Waals surface area contributed by atoms with Gasteiger partial charge >= 0.3 is 0 Å². The van der Waals surface area contributed by atoms with Crippen molar-refractivity contribution in [1.82, 2.24) is 0 Å². The van der Waals surface area contributed by atoms with Gasteiger partial charge in [-0.25, -0.2) is 0 Å². The summed E-state index contributed by atoms with van der Waals surface area (Å²) in [6.07, 6.45) is 0. The molecule has 0 fully saturated rings. The Morgan fingerprint density at radius 3 is 2.91 bits per heavy atom. The molecule has 1 N–H and O–H groups in total. The first-order chi connectivity index (χ1) is 10.7. The minimum Gasteiger partial charge on any atom is -0.490 e. The van der Waals surface area contributed by atoms with Gasteiger partial charge in [-0.05, 0) is 30.3 Å². The number of para-hydroxylation sites is 1. The summed E-state index contributed by atoms with van der Waals surface area (Å²) in [4.78, 5) is 14.1. The van der Waals surface area contributed by atoms with E-state index in [2.05, 4.69) is 10.2 Å². The molecule has 0 radical (unpaired) electrons. The van der Waals surface area contributed by atoms with Gasteiger partial charge in [0.15, 0.2) is 6.61 Å². The van der Waals surface area contributed by atoms with Crippen LogP contribution in [-0.4, -0.2) is 32.7 Å². The molecule has 1 aliphatic rings. The van der Waals surface area contributed by atoms with Crippen LogP contribution in [0.2, 0.25) is 0 Å². The van der Waals surface area contributed by atoms with Crippen LogP contribution in [0.25, 0.3) is 0 Å². The molecule has 5 heteroatoms. The monoisotopic (exact) mass is 298 g/mol. The Kier molecular flexibility index (Phi) is 4.14. The van der Waals surface area contributed by atoms with Gasteiger partial charge < -0.3 is 19.7 Å². The van der Waals surface area contributed by atoms with Gasteiger partial charge in [-0.15, -0.1) is 0 Å². The van der Waals surface area contributed by atoms with E-state index < -0.39 is 0 Å². The first-order valence-electron chi connectivity index (χ1n) is 7.18. The van der Waals surface area contributed by atoms with E-state index >= 15 is 0 Å². The molecule has 22 heavy (non-hydrogen) atoms. The van der Waals surface area contributed by atoms with Crippen LogP contribution in [0.5, 0.6) is 11.5 Å². The highest BCUT2D eigenvalue weighted by molar-refractivity contribution is 5.92. The zero-order chi connectivity index (χ0) is 15.4. The normalized spacial score (nSPS) is 13.0. The second-order valence-electron chi connectivity index (χ2n) is 5.10. The molecule has 2 aromatic rings. The van der Waals surface area contributed by atoms with Crippen LogP contribution in [0, 0.1) is 0 Å². The molecule has 0 saturated heterocycles. The number of benzene rings is 2. The lowest BCUT2D eigenvalue weighted by atomic mass is 10.2. The molecule has 3 rings (SSSR count). The molecule has 0 aliphatic carbocycles. The number of ether oxygens (including phenoxy) is 2. The van der Waals surface area contributed by atoms with Crippen molar-refractivity contribution < 1.29 is 14.3 Å². The molecule has 1 aliphatic heterocycles. The maximum Gasteiger partial charge on any atom is 0.262 e. The number of nitrogens with zero attached hydrogens (tertiary/aromatic N) is 1. The van der Waals surface area contributed by atoms with Crippen LogP contribution >= 0.6 is 0 Å². The minimum atomic E-state index is -0.191. The fourth-order valence-corrected chi connectivity index (χ4v) is 2.29. The van der Waals surface area contributed by atoms with E-state index in [1.807, 2.05) is 55.6 Å². The number of anilines is 2. The number of nitrogens with one attached hydrogen (secondary N) is 1. The number of likely N-dealkylation sites (N-methyl/N-ethyl adjacent to an activating group) is 1. The molecular formula is C17H18N2O3. The average molecular weight is 298 g/mol. The molecule has 2 aromatic carbocycles. The van der Waals surface area contributed by atoms with Gasteiger partial charge in [0.25, 0.3) is 5.91 Å². The number of hydrogen-bond donors (Lipinski definition) is 1. The molecule has 0 bridgehead atoms. The topological polar surface area (TPSA) is 50.8 Å². The summed E-state index contributed by atoms with van der Waals surface area (Å²) >= 11 is 0. The Balaban J connectivity index is 1.61. The molecule has 0 unspecified atom stereocenters. The third-order valence-corrected chi connectivity index (χ3v) is 3.45. The lowest BCUT2D eigenvalue weighted by molar-refractivity contribution is -0.118. The summed E-state index contributed by atoms with van der Waals surface area (Å²) in [5.41, 5.74) is 1.71. The van der Waals surface area contributed by atoms with Crippen LogP contribution in [0.4, 0.5) is 11.4 Å². The second kappa shape index (κ2) is 6.39. The first kappa shape index (κ1) is 14.3. The predicted molar refractivity (Wildman–Crippen MR) is 85.8 cm³/mol. The summed E-state index contributed by atoms with van der Waals surface area (Å²) in [6.45, 7) is 1.50. The zero-order valence-corrected chi connectivity index (χ0v) is 12.4. The lowest BCUT2D eigenvalue weighted by Gasteiger charge is -2.28. The Bertz CT molecular complexity index is 658. The Morgan fingerprint density at radius 2 is 2.09 bits per heavy atom. The lowest BCUT2D eigenvalue weighted by Crippen LogP contribution is -2.29. The average Bonchev–Trinajstić information content (AvgIpc) is 2.55. The van der Waals surface area contributed by atoms with Crippen molar-refractivity contribution in [1.29, 1.82) is 0 Å². The largest absolute Gasteiger partial charge is 0.490 e. The van der Waals surface area contributed by atoms with Gasteiger partial charge in [0.05, 0.1) is 12.2 Å². The molecule has 1 heterocycles. The fourth-order valence-electron chi connectivity index (χ4n) is 2.29. The van der Waals surface area contributed by atoms with E-state index in [4.69, 9.17) is 9.47 Å². The molecule has 0 aromatic heterocycles. The van der Waals surface area contributed by atoms with Gasteiger partial charge in [0.2, 0.25) is 0 Å². The number of amides is 1. The van der Waals surface area contributed by atoms with Crippen molar-refractivity contribution in [3.63, 3.8) is 0 Å². The van der Waals surface area contributed by atoms with E-state index in [1.165, 1.54) is 0 Å². The van der Waals surface area contributed by atoms with E-state index in [0.717, 1.165) is 23.7 Å². The van der Waals surface area contributed by atoms with E-state index in [0.29, 0.717) is 12.4 Å². The summed E-state index contributed by atoms with van der Waals surface area (Å²) in [7, 11) is 2.01. The third kappa shape index (κ3) is 3.31. The SMILES string of the molecule is CN1CCOc2ccc(NC(=O)COc3ccccc3)cc21. The summed E-state index contributed by atoms with van der Waals surface area (Å²) in [5.74, 6) is 1.33. The van der Waals surface area contributed by atoms with Gasteiger partial charge in [-0.1, -0.05) is 18.2 Å². The number of fused-ring (bicyclic) bond motifs is 1. The van der Waals surface area contributed by atoms with Gasteiger partial charge in [0, 0.05) is 12.7 Å². The minimum absolute atomic E-state index is 0.0204. The van der Waals surface area contributed by atoms with Crippen LogP contribution in [0.1, 0.15) is 0 Å². The van der Waals surface area contributed by atoms with E-state index in [1.54, 1.807) is 0 Å². The van der Waals surface area contributed by atoms with Crippen molar-refractivity contribution in [2.45, 2.75) is 0 Å². The number of carbonyl (C=O) groups is 1. The van der Waals surface area contributed by atoms with Crippen molar-refractivity contribution in [3.8, 4) is 11.5 Å². The van der Waals surface area contributed by atoms with Crippen molar-refractivity contribution >= 4 is 17.3 Å². The summed E-state index contributed by atoms with van der Waals surface area (Å²) < 4.78 is 11.0. The highest BCUT2D eigenvalue weighted by Gasteiger charge is 2.15. The van der Waals surface area contributed by atoms with Crippen LogP contribution in [0.3, 0.4) is 0 Å². The Morgan fingerprint density at radius 1 is 1.27 bits per heavy atom. The smallest absolute Gasteiger partial charge is 0.262 e. The molecular weight excluding hydrogens is 280 g/mol.